The Labute approximate surface area is 432 Å². The summed E-state index contributed by atoms with van der Waals surface area (Å²) < 4.78 is 33.6. The van der Waals surface area contributed by atoms with E-state index in [1.807, 2.05) is 0 Å². The predicted octanol–water partition coefficient (Wildman–Crippen LogP) is 8.60. The minimum atomic E-state index is -1.78. The third kappa shape index (κ3) is 30.3. The Morgan fingerprint density at radius 3 is 1.40 bits per heavy atom. The van der Waals surface area contributed by atoms with Crippen molar-refractivity contribution in [3.63, 3.8) is 0 Å². The minimum absolute atomic E-state index is 0.122. The predicted molar refractivity (Wildman–Crippen MR) is 279 cm³/mol. The lowest BCUT2D eigenvalue weighted by atomic mass is 9.98. The highest BCUT2D eigenvalue weighted by Gasteiger charge is 2.47. The normalized spacial score (nSPS) is 25.6. The molecule has 0 bridgehead atoms. The first-order valence-electron chi connectivity index (χ1n) is 27.5. The zero-order valence-electron chi connectivity index (χ0n) is 43.9. The maximum atomic E-state index is 13.0. The van der Waals surface area contributed by atoms with E-state index in [9.17, 15) is 45.3 Å². The molecule has 2 heterocycles. The number of ether oxygens (including phenoxy) is 6. The molecule has 0 spiro atoms. The lowest BCUT2D eigenvalue weighted by Gasteiger charge is -2.42. The number of hydrogen-bond donors (Lipinski definition) is 7. The van der Waals surface area contributed by atoms with E-state index in [1.54, 1.807) is 0 Å². The van der Waals surface area contributed by atoms with Gasteiger partial charge in [0.1, 0.15) is 55.4 Å². The smallest absolute Gasteiger partial charge is 0.306 e. The zero-order chi connectivity index (χ0) is 52.4. The van der Waals surface area contributed by atoms with Crippen molar-refractivity contribution in [3.8, 4) is 0 Å². The van der Waals surface area contributed by atoms with Crippen molar-refractivity contribution in [2.45, 2.75) is 248 Å². The van der Waals surface area contributed by atoms with Crippen LogP contribution >= 0.6 is 0 Å². The summed E-state index contributed by atoms with van der Waals surface area (Å²) in [6.07, 6.45) is 34.9. The fourth-order valence-corrected chi connectivity index (χ4v) is 8.18. The summed E-state index contributed by atoms with van der Waals surface area (Å²) in [5.41, 5.74) is 0. The fourth-order valence-electron chi connectivity index (χ4n) is 8.18. The van der Waals surface area contributed by atoms with E-state index in [1.165, 1.54) is 57.8 Å². The van der Waals surface area contributed by atoms with Crippen LogP contribution < -0.4 is 0 Å². The molecule has 15 nitrogen and oxygen atoms in total. The third-order valence-corrected chi connectivity index (χ3v) is 12.7. The van der Waals surface area contributed by atoms with Crippen LogP contribution in [0.4, 0.5) is 0 Å². The SMILES string of the molecule is CC/C=C\C/C=C\C/C=C\C/C=C\C/C=C\CCCCCC(=O)OC(COC(=O)CCCCCCCCC/C=C\CCCCCCCC)COC1OC(COC2OC(CO)C(O)C(O)C2O)C(O)C(O)C1O. The van der Waals surface area contributed by atoms with Crippen molar-refractivity contribution in [2.75, 3.05) is 26.4 Å². The van der Waals surface area contributed by atoms with Crippen molar-refractivity contribution in [2.24, 2.45) is 0 Å². The molecule has 0 amide bonds. The van der Waals surface area contributed by atoms with Crippen molar-refractivity contribution in [1.82, 2.24) is 0 Å². The number of aliphatic hydroxyl groups excluding tert-OH is 7. The van der Waals surface area contributed by atoms with Crippen LogP contribution in [0.2, 0.25) is 0 Å². The van der Waals surface area contributed by atoms with E-state index in [2.05, 4.69) is 86.8 Å². The summed E-state index contributed by atoms with van der Waals surface area (Å²) >= 11 is 0. The Balaban J connectivity index is 1.80. The van der Waals surface area contributed by atoms with Crippen LogP contribution in [-0.2, 0) is 38.0 Å². The van der Waals surface area contributed by atoms with Crippen molar-refractivity contribution < 1.29 is 73.8 Å². The molecule has 7 N–H and O–H groups in total. The first kappa shape index (κ1) is 65.1. The number of unbranched alkanes of at least 4 members (excludes halogenated alkanes) is 16. The van der Waals surface area contributed by atoms with Crippen LogP contribution in [0.15, 0.2) is 72.9 Å². The molecule has 0 radical (unpaired) electrons. The maximum Gasteiger partial charge on any atom is 0.306 e. The van der Waals surface area contributed by atoms with Gasteiger partial charge in [-0.25, -0.2) is 0 Å². The van der Waals surface area contributed by atoms with Gasteiger partial charge in [-0.15, -0.1) is 0 Å². The molecule has 0 aromatic heterocycles. The van der Waals surface area contributed by atoms with E-state index < -0.39 is 99.3 Å². The molecule has 0 aliphatic carbocycles. The van der Waals surface area contributed by atoms with Crippen molar-refractivity contribution >= 4 is 11.9 Å². The van der Waals surface area contributed by atoms with Gasteiger partial charge in [-0.05, 0) is 83.5 Å². The Hall–Kier alpha value is -3.06. The molecule has 0 saturated carbocycles. The van der Waals surface area contributed by atoms with Gasteiger partial charge in [-0.2, -0.15) is 0 Å². The van der Waals surface area contributed by atoms with Gasteiger partial charge in [0, 0.05) is 12.8 Å². The number of carbonyl (C=O) groups excluding carboxylic acids is 2. The van der Waals surface area contributed by atoms with E-state index in [4.69, 9.17) is 28.4 Å². The highest BCUT2D eigenvalue weighted by Crippen LogP contribution is 2.26. The lowest BCUT2D eigenvalue weighted by Crippen LogP contribution is -2.61. The molecule has 11 unspecified atom stereocenters. The molecule has 0 aromatic carbocycles. The summed E-state index contributed by atoms with van der Waals surface area (Å²) in [5, 5.41) is 72.2. The van der Waals surface area contributed by atoms with Gasteiger partial charge >= 0.3 is 11.9 Å². The van der Waals surface area contributed by atoms with Crippen LogP contribution in [0.3, 0.4) is 0 Å². The molecule has 414 valence electrons. The molecule has 2 fully saturated rings. The lowest BCUT2D eigenvalue weighted by molar-refractivity contribution is -0.332. The van der Waals surface area contributed by atoms with Crippen molar-refractivity contribution in [1.29, 1.82) is 0 Å². The number of esters is 2. The quantitative estimate of drug-likeness (QED) is 0.0172. The van der Waals surface area contributed by atoms with Gasteiger partial charge < -0.3 is 64.2 Å². The summed E-state index contributed by atoms with van der Waals surface area (Å²) in [7, 11) is 0. The fraction of sp³-hybridized carbons (Fsp3) is 0.754. The van der Waals surface area contributed by atoms with Gasteiger partial charge in [0.25, 0.3) is 0 Å². The monoisotopic (exact) mass is 1020 g/mol. The minimum Gasteiger partial charge on any atom is -0.462 e. The van der Waals surface area contributed by atoms with Gasteiger partial charge in [0.2, 0.25) is 0 Å². The first-order valence-corrected chi connectivity index (χ1v) is 27.5. The van der Waals surface area contributed by atoms with Crippen molar-refractivity contribution in [3.05, 3.63) is 72.9 Å². The topological polar surface area (TPSA) is 231 Å². The number of carbonyl (C=O) groups is 2. The molecule has 15 heteroatoms. The second-order valence-electron chi connectivity index (χ2n) is 19.0. The van der Waals surface area contributed by atoms with Gasteiger partial charge in [0.15, 0.2) is 18.7 Å². The number of allylic oxidation sites excluding steroid dienone is 12. The second kappa shape index (κ2) is 43.2. The Morgan fingerprint density at radius 1 is 0.458 bits per heavy atom. The molecule has 2 aliphatic heterocycles. The van der Waals surface area contributed by atoms with E-state index in [0.717, 1.165) is 83.5 Å². The van der Waals surface area contributed by atoms with E-state index >= 15 is 0 Å². The summed E-state index contributed by atoms with van der Waals surface area (Å²) in [4.78, 5) is 25.8. The first-order chi connectivity index (χ1) is 35.0. The largest absolute Gasteiger partial charge is 0.462 e. The van der Waals surface area contributed by atoms with Gasteiger partial charge in [-0.3, -0.25) is 9.59 Å². The Morgan fingerprint density at radius 2 is 0.875 bits per heavy atom. The molecule has 2 rings (SSSR count). The maximum absolute atomic E-state index is 13.0. The molecule has 2 saturated heterocycles. The molecule has 2 aliphatic rings. The molecular weight excluding hydrogens is 925 g/mol. The number of rotatable bonds is 42. The zero-order valence-corrected chi connectivity index (χ0v) is 43.9. The second-order valence-corrected chi connectivity index (χ2v) is 19.0. The van der Waals surface area contributed by atoms with Crippen LogP contribution in [0.25, 0.3) is 0 Å². The van der Waals surface area contributed by atoms with Crippen LogP contribution in [-0.4, -0.2) is 142 Å². The van der Waals surface area contributed by atoms with Crippen LogP contribution in [0.5, 0.6) is 0 Å². The summed E-state index contributed by atoms with van der Waals surface area (Å²) in [6, 6.07) is 0. The Kier molecular flexibility index (Phi) is 39.0. The summed E-state index contributed by atoms with van der Waals surface area (Å²) in [5.74, 6) is -0.971. The molecule has 72 heavy (non-hydrogen) atoms. The van der Waals surface area contributed by atoms with E-state index in [0.29, 0.717) is 12.8 Å². The Bertz CT molecular complexity index is 1530. The molecular formula is C57H96O15. The third-order valence-electron chi connectivity index (χ3n) is 12.7. The number of hydrogen-bond acceptors (Lipinski definition) is 15. The average Bonchev–Trinajstić information content (AvgIpc) is 3.37. The van der Waals surface area contributed by atoms with Gasteiger partial charge in [-0.1, -0.05) is 157 Å². The highest BCUT2D eigenvalue weighted by molar-refractivity contribution is 5.70. The molecule has 0 aromatic rings. The molecule has 11 atom stereocenters. The standard InChI is InChI=1S/C57H96O15/c1-3-5-7-9-11-13-15-17-19-21-22-24-26-28-30-32-34-36-38-40-49(60)70-45(42-67-48(59)39-37-35-33-31-29-27-25-23-20-18-16-14-12-10-8-6-4-2)43-68-56-55(66)53(64)51(62)47(72-56)44-69-57-54(65)52(63)50(61)46(41-58)71-57/h5,7,11,13,17-20,22,24,28,30,45-47,50-58,61-66H,3-4,6,8-10,12,14-16,21,23,25-27,29,31-44H2,1-2H3/b7-5-,13-11-,19-17-,20-18-,24-22-,30-28-. The summed E-state index contributed by atoms with van der Waals surface area (Å²) in [6.45, 7) is 2.43. The highest BCUT2D eigenvalue weighted by atomic mass is 16.7. The van der Waals surface area contributed by atoms with Crippen LogP contribution in [0, 0.1) is 0 Å². The van der Waals surface area contributed by atoms with Crippen LogP contribution in [0.1, 0.15) is 181 Å². The average molecular weight is 1020 g/mol. The van der Waals surface area contributed by atoms with Gasteiger partial charge in [0.05, 0.1) is 19.8 Å². The number of aliphatic hydroxyl groups is 7. The van der Waals surface area contributed by atoms with E-state index in [-0.39, 0.29) is 19.4 Å².